The van der Waals surface area contributed by atoms with E-state index in [2.05, 4.69) is 10.3 Å². The van der Waals surface area contributed by atoms with Crippen molar-refractivity contribution in [3.8, 4) is 0 Å². The third kappa shape index (κ3) is 1.68. The molecule has 1 heterocycles. The maximum atomic E-state index is 12.0. The number of ketones is 1. The van der Waals surface area contributed by atoms with Crippen LogP contribution in [0.5, 0.6) is 0 Å². The van der Waals surface area contributed by atoms with E-state index in [1.807, 2.05) is 13.8 Å². The number of hydrogen-bond acceptors (Lipinski definition) is 4. The number of aromatic nitrogens is 3. The normalized spacial score (nSPS) is 11.7. The maximum Gasteiger partial charge on any atom is 0.202 e. The van der Waals surface area contributed by atoms with Crippen molar-refractivity contribution < 1.29 is 4.79 Å². The fourth-order valence-corrected chi connectivity index (χ4v) is 1.32. The zero-order chi connectivity index (χ0) is 10.8. The number of nitrogens with zero attached hydrogens (tertiary/aromatic N) is 3. The lowest BCUT2D eigenvalue weighted by Crippen LogP contribution is -2.47. The van der Waals surface area contributed by atoms with Crippen molar-refractivity contribution in [2.24, 2.45) is 12.8 Å². The lowest BCUT2D eigenvalue weighted by atomic mass is 9.88. The van der Waals surface area contributed by atoms with Crippen LogP contribution in [0.2, 0.25) is 0 Å². The second-order valence-electron chi connectivity index (χ2n) is 3.44. The first kappa shape index (κ1) is 10.8. The van der Waals surface area contributed by atoms with E-state index in [-0.39, 0.29) is 5.78 Å². The molecule has 78 valence electrons. The SMILES string of the molecule is CCC(N)(CC)C(=O)c1cnnn1C. The van der Waals surface area contributed by atoms with E-state index in [1.54, 1.807) is 7.05 Å². The molecule has 1 aromatic heterocycles. The Labute approximate surface area is 83.3 Å². The van der Waals surface area contributed by atoms with E-state index < -0.39 is 5.54 Å². The van der Waals surface area contributed by atoms with Crippen LogP contribution in [-0.2, 0) is 7.05 Å². The Kier molecular flexibility index (Phi) is 3.00. The van der Waals surface area contributed by atoms with Gasteiger partial charge in [0.05, 0.1) is 11.7 Å². The van der Waals surface area contributed by atoms with Gasteiger partial charge in [-0.2, -0.15) is 0 Å². The van der Waals surface area contributed by atoms with E-state index in [0.29, 0.717) is 18.5 Å². The Bertz CT molecular complexity index is 327. The first-order valence-electron chi connectivity index (χ1n) is 4.73. The van der Waals surface area contributed by atoms with Crippen LogP contribution in [0, 0.1) is 0 Å². The molecule has 0 amide bonds. The first-order chi connectivity index (χ1) is 6.55. The van der Waals surface area contributed by atoms with Crippen LogP contribution in [0.1, 0.15) is 37.2 Å². The summed E-state index contributed by atoms with van der Waals surface area (Å²) in [6, 6.07) is 0. The van der Waals surface area contributed by atoms with Gasteiger partial charge in [-0.25, -0.2) is 4.68 Å². The van der Waals surface area contributed by atoms with Crippen molar-refractivity contribution in [2.45, 2.75) is 32.2 Å². The Morgan fingerprint density at radius 1 is 1.57 bits per heavy atom. The van der Waals surface area contributed by atoms with Crippen molar-refractivity contribution in [1.29, 1.82) is 0 Å². The van der Waals surface area contributed by atoms with Gasteiger partial charge in [0.2, 0.25) is 5.78 Å². The van der Waals surface area contributed by atoms with E-state index in [4.69, 9.17) is 5.73 Å². The summed E-state index contributed by atoms with van der Waals surface area (Å²) in [5.41, 5.74) is 5.67. The van der Waals surface area contributed by atoms with Crippen LogP contribution in [0.25, 0.3) is 0 Å². The Hall–Kier alpha value is -1.23. The highest BCUT2D eigenvalue weighted by Gasteiger charge is 2.32. The summed E-state index contributed by atoms with van der Waals surface area (Å²) >= 11 is 0. The standard InChI is InChI=1S/C9H16N4O/c1-4-9(10,5-2)8(14)7-6-11-12-13(7)3/h6H,4-5,10H2,1-3H3. The highest BCUT2D eigenvalue weighted by molar-refractivity contribution is 6.01. The van der Waals surface area contributed by atoms with E-state index in [1.165, 1.54) is 10.9 Å². The number of Topliss-reactive ketones (excluding diaryl/α,β-unsaturated/α-hetero) is 1. The van der Waals surface area contributed by atoms with Crippen LogP contribution in [-0.4, -0.2) is 26.3 Å². The number of rotatable bonds is 4. The molecule has 0 radical (unpaired) electrons. The molecular formula is C9H16N4O. The van der Waals surface area contributed by atoms with Gasteiger partial charge in [-0.1, -0.05) is 19.1 Å². The van der Waals surface area contributed by atoms with Crippen molar-refractivity contribution in [1.82, 2.24) is 15.0 Å². The highest BCUT2D eigenvalue weighted by atomic mass is 16.1. The fourth-order valence-electron chi connectivity index (χ4n) is 1.32. The number of carbonyl (C=O) groups is 1. The summed E-state index contributed by atoms with van der Waals surface area (Å²) < 4.78 is 1.45. The zero-order valence-electron chi connectivity index (χ0n) is 8.82. The summed E-state index contributed by atoms with van der Waals surface area (Å²) in [6.07, 6.45) is 2.69. The highest BCUT2D eigenvalue weighted by Crippen LogP contribution is 2.17. The van der Waals surface area contributed by atoms with Gasteiger partial charge in [0.25, 0.3) is 0 Å². The van der Waals surface area contributed by atoms with Gasteiger partial charge in [-0.3, -0.25) is 4.79 Å². The Morgan fingerprint density at radius 2 is 2.14 bits per heavy atom. The molecule has 0 atom stereocenters. The minimum atomic E-state index is -0.782. The topological polar surface area (TPSA) is 73.8 Å². The number of nitrogens with two attached hydrogens (primary N) is 1. The molecule has 5 heteroatoms. The third-order valence-electron chi connectivity index (χ3n) is 2.66. The zero-order valence-corrected chi connectivity index (χ0v) is 8.82. The minimum absolute atomic E-state index is 0.0880. The number of aryl methyl sites for hydroxylation is 1. The van der Waals surface area contributed by atoms with Crippen LogP contribution < -0.4 is 5.73 Å². The van der Waals surface area contributed by atoms with Gasteiger partial charge < -0.3 is 5.73 Å². The van der Waals surface area contributed by atoms with Gasteiger partial charge in [0.15, 0.2) is 0 Å². The summed E-state index contributed by atoms with van der Waals surface area (Å²) in [5, 5.41) is 7.37. The Morgan fingerprint density at radius 3 is 2.50 bits per heavy atom. The molecule has 1 aromatic rings. The van der Waals surface area contributed by atoms with Gasteiger partial charge >= 0.3 is 0 Å². The van der Waals surface area contributed by atoms with Gasteiger partial charge in [0, 0.05) is 7.05 Å². The average molecular weight is 196 g/mol. The molecule has 0 aliphatic carbocycles. The molecule has 14 heavy (non-hydrogen) atoms. The lowest BCUT2D eigenvalue weighted by Gasteiger charge is -2.24. The summed E-state index contributed by atoms with van der Waals surface area (Å²) in [4.78, 5) is 12.0. The second-order valence-corrected chi connectivity index (χ2v) is 3.44. The van der Waals surface area contributed by atoms with Gasteiger partial charge in [0.1, 0.15) is 5.69 Å². The van der Waals surface area contributed by atoms with Crippen molar-refractivity contribution in [3.05, 3.63) is 11.9 Å². The van der Waals surface area contributed by atoms with Gasteiger partial charge in [-0.05, 0) is 12.8 Å². The van der Waals surface area contributed by atoms with Crippen LogP contribution in [0.15, 0.2) is 6.20 Å². The largest absolute Gasteiger partial charge is 0.319 e. The molecule has 0 aromatic carbocycles. The molecule has 0 saturated heterocycles. The van der Waals surface area contributed by atoms with Crippen molar-refractivity contribution in [3.63, 3.8) is 0 Å². The summed E-state index contributed by atoms with van der Waals surface area (Å²) in [7, 11) is 1.69. The number of hydrogen-bond donors (Lipinski definition) is 1. The average Bonchev–Trinajstić information content (AvgIpc) is 2.62. The molecule has 0 bridgehead atoms. The lowest BCUT2D eigenvalue weighted by molar-refractivity contribution is 0.0869. The third-order valence-corrected chi connectivity index (χ3v) is 2.66. The fraction of sp³-hybridized carbons (Fsp3) is 0.667. The van der Waals surface area contributed by atoms with Crippen LogP contribution in [0.3, 0.4) is 0 Å². The van der Waals surface area contributed by atoms with Crippen molar-refractivity contribution in [2.75, 3.05) is 0 Å². The minimum Gasteiger partial charge on any atom is -0.319 e. The molecule has 5 nitrogen and oxygen atoms in total. The van der Waals surface area contributed by atoms with Crippen LogP contribution >= 0.6 is 0 Å². The van der Waals surface area contributed by atoms with Gasteiger partial charge in [-0.15, -0.1) is 5.10 Å². The second kappa shape index (κ2) is 3.88. The summed E-state index contributed by atoms with van der Waals surface area (Å²) in [5.74, 6) is -0.0880. The van der Waals surface area contributed by atoms with Crippen molar-refractivity contribution >= 4 is 5.78 Å². The monoisotopic (exact) mass is 196 g/mol. The first-order valence-corrected chi connectivity index (χ1v) is 4.73. The molecule has 0 spiro atoms. The predicted molar refractivity (Wildman–Crippen MR) is 52.8 cm³/mol. The predicted octanol–water partition coefficient (Wildman–Crippen LogP) is 0.515. The molecular weight excluding hydrogens is 180 g/mol. The van der Waals surface area contributed by atoms with Crippen LogP contribution in [0.4, 0.5) is 0 Å². The molecule has 0 unspecified atom stereocenters. The molecule has 2 N–H and O–H groups in total. The smallest absolute Gasteiger partial charge is 0.202 e. The molecule has 0 aliphatic rings. The van der Waals surface area contributed by atoms with E-state index >= 15 is 0 Å². The van der Waals surface area contributed by atoms with E-state index in [9.17, 15) is 4.79 Å². The van der Waals surface area contributed by atoms with E-state index in [0.717, 1.165) is 0 Å². The maximum absolute atomic E-state index is 12.0. The summed E-state index contributed by atoms with van der Waals surface area (Å²) in [6.45, 7) is 3.82. The Balaban J connectivity index is 3.01. The number of carbonyl (C=O) groups excluding carboxylic acids is 1. The molecule has 0 fully saturated rings. The molecule has 0 aliphatic heterocycles. The quantitative estimate of drug-likeness (QED) is 0.712. The molecule has 0 saturated carbocycles. The molecule has 1 rings (SSSR count).